The van der Waals surface area contributed by atoms with Crippen molar-refractivity contribution < 1.29 is 23.8 Å². The quantitative estimate of drug-likeness (QED) is 0.389. The highest BCUT2D eigenvalue weighted by molar-refractivity contribution is 9.10. The van der Waals surface area contributed by atoms with Crippen LogP contribution in [0.2, 0.25) is 0 Å². The van der Waals surface area contributed by atoms with E-state index in [1.54, 1.807) is 24.3 Å². The second kappa shape index (κ2) is 9.08. The van der Waals surface area contributed by atoms with E-state index in [0.29, 0.717) is 17.1 Å². The fraction of sp³-hybridized carbons (Fsp3) is 0.222. The van der Waals surface area contributed by atoms with Crippen LogP contribution in [0.15, 0.2) is 53.0 Å². The van der Waals surface area contributed by atoms with Crippen molar-refractivity contribution in [2.24, 2.45) is 0 Å². The number of hydrogen-bond acceptors (Lipinski definition) is 5. The molecule has 6 heteroatoms. The molecule has 0 radical (unpaired) electrons. The van der Waals surface area contributed by atoms with Gasteiger partial charge >= 0.3 is 5.97 Å². The topological polar surface area (TPSA) is 61.8 Å². The Hall–Kier alpha value is -2.34. The number of ether oxygens (including phenoxy) is 3. The number of halogens is 1. The average molecular weight is 393 g/mol. The Kier molecular flexibility index (Phi) is 6.81. The van der Waals surface area contributed by atoms with Crippen LogP contribution in [0, 0.1) is 0 Å². The van der Waals surface area contributed by atoms with Crippen LogP contribution < -0.4 is 9.47 Å². The lowest BCUT2D eigenvalue weighted by atomic mass is 10.1. The minimum atomic E-state index is -0.481. The smallest absolute Gasteiger partial charge is 0.344 e. The van der Waals surface area contributed by atoms with Gasteiger partial charge in [-0.15, -0.1) is 0 Å². The van der Waals surface area contributed by atoms with E-state index in [1.165, 1.54) is 6.92 Å². The Morgan fingerprint density at radius 1 is 0.875 bits per heavy atom. The summed E-state index contributed by atoms with van der Waals surface area (Å²) >= 11 is 3.34. The molecular weight excluding hydrogens is 376 g/mol. The van der Waals surface area contributed by atoms with Crippen LogP contribution in [0.5, 0.6) is 11.5 Å². The summed E-state index contributed by atoms with van der Waals surface area (Å²) in [5, 5.41) is 0. The molecule has 0 aliphatic rings. The number of Topliss-reactive ketones (excluding diaryl/α,β-unsaturated/α-hetero) is 1. The third kappa shape index (κ3) is 6.04. The summed E-state index contributed by atoms with van der Waals surface area (Å²) in [5.41, 5.74) is 0.593. The van der Waals surface area contributed by atoms with Gasteiger partial charge in [-0.25, -0.2) is 4.79 Å². The highest BCUT2D eigenvalue weighted by Crippen LogP contribution is 2.16. The van der Waals surface area contributed by atoms with Crippen molar-refractivity contribution in [3.05, 3.63) is 58.6 Å². The number of ketones is 1. The van der Waals surface area contributed by atoms with E-state index in [-0.39, 0.29) is 25.6 Å². The highest BCUT2D eigenvalue weighted by Gasteiger charge is 2.05. The van der Waals surface area contributed by atoms with E-state index in [9.17, 15) is 9.59 Å². The Balaban J connectivity index is 1.64. The molecule has 0 aliphatic carbocycles. The summed E-state index contributed by atoms with van der Waals surface area (Å²) in [5.74, 6) is 0.705. The number of esters is 1. The molecule has 0 bridgehead atoms. The van der Waals surface area contributed by atoms with Gasteiger partial charge in [0.2, 0.25) is 0 Å². The maximum atomic E-state index is 11.6. The first-order chi connectivity index (χ1) is 11.5. The van der Waals surface area contributed by atoms with Gasteiger partial charge in [-0.3, -0.25) is 4.79 Å². The SMILES string of the molecule is CC(=O)c1ccc(OCC(=O)OCCOc2ccc(Br)cc2)cc1. The van der Waals surface area contributed by atoms with Gasteiger partial charge in [0, 0.05) is 10.0 Å². The Morgan fingerprint density at radius 3 is 2.08 bits per heavy atom. The third-order valence-electron chi connectivity index (χ3n) is 3.05. The molecule has 2 aromatic carbocycles. The van der Waals surface area contributed by atoms with Gasteiger partial charge in [-0.1, -0.05) is 15.9 Å². The molecule has 0 heterocycles. The molecule has 0 spiro atoms. The van der Waals surface area contributed by atoms with Gasteiger partial charge in [0.05, 0.1) is 0 Å². The van der Waals surface area contributed by atoms with Gasteiger partial charge in [-0.2, -0.15) is 0 Å². The minimum absolute atomic E-state index is 0.0215. The van der Waals surface area contributed by atoms with Gasteiger partial charge in [-0.05, 0) is 55.5 Å². The van der Waals surface area contributed by atoms with Crippen LogP contribution in [0.3, 0.4) is 0 Å². The molecule has 0 atom stereocenters. The van der Waals surface area contributed by atoms with Crippen molar-refractivity contribution in [3.63, 3.8) is 0 Å². The van der Waals surface area contributed by atoms with E-state index < -0.39 is 5.97 Å². The summed E-state index contributed by atoms with van der Waals surface area (Å²) in [4.78, 5) is 22.7. The number of rotatable bonds is 8. The molecule has 0 aromatic heterocycles. The largest absolute Gasteiger partial charge is 0.490 e. The summed E-state index contributed by atoms with van der Waals surface area (Å²) in [6.07, 6.45) is 0. The number of carbonyl (C=O) groups excluding carboxylic acids is 2. The molecule has 24 heavy (non-hydrogen) atoms. The van der Waals surface area contributed by atoms with E-state index >= 15 is 0 Å². The zero-order valence-electron chi connectivity index (χ0n) is 13.2. The Bertz CT molecular complexity index is 680. The molecule has 0 fully saturated rings. The second-order valence-corrected chi connectivity index (χ2v) is 5.81. The molecule has 2 rings (SSSR count). The molecule has 126 valence electrons. The standard InChI is InChI=1S/C18H17BrO5/c1-13(20)14-2-6-17(7-3-14)24-12-18(21)23-11-10-22-16-8-4-15(19)5-9-16/h2-9H,10-12H2,1H3. The van der Waals surface area contributed by atoms with Gasteiger partial charge in [0.15, 0.2) is 12.4 Å². The molecule has 0 aliphatic heterocycles. The lowest BCUT2D eigenvalue weighted by molar-refractivity contribution is -0.146. The van der Waals surface area contributed by atoms with Crippen molar-refractivity contribution in [1.29, 1.82) is 0 Å². The molecule has 0 unspecified atom stereocenters. The van der Waals surface area contributed by atoms with Crippen LogP contribution in [0.25, 0.3) is 0 Å². The molecule has 0 N–H and O–H groups in total. The normalized spacial score (nSPS) is 10.1. The molecule has 0 saturated heterocycles. The first-order valence-corrected chi connectivity index (χ1v) is 8.11. The van der Waals surface area contributed by atoms with Crippen LogP contribution in [-0.4, -0.2) is 31.6 Å². The van der Waals surface area contributed by atoms with Gasteiger partial charge in [0.25, 0.3) is 0 Å². The number of hydrogen-bond donors (Lipinski definition) is 0. The third-order valence-corrected chi connectivity index (χ3v) is 3.57. The zero-order valence-corrected chi connectivity index (χ0v) is 14.7. The number of carbonyl (C=O) groups is 2. The molecule has 5 nitrogen and oxygen atoms in total. The van der Waals surface area contributed by atoms with Crippen molar-refractivity contribution in [3.8, 4) is 11.5 Å². The van der Waals surface area contributed by atoms with E-state index in [2.05, 4.69) is 15.9 Å². The minimum Gasteiger partial charge on any atom is -0.490 e. The molecule has 0 amide bonds. The van der Waals surface area contributed by atoms with Gasteiger partial charge < -0.3 is 14.2 Å². The van der Waals surface area contributed by atoms with Crippen LogP contribution in [-0.2, 0) is 9.53 Å². The van der Waals surface area contributed by atoms with E-state index in [0.717, 1.165) is 4.47 Å². The first kappa shape index (κ1) is 18.0. The van der Waals surface area contributed by atoms with Crippen LogP contribution >= 0.6 is 15.9 Å². The predicted molar refractivity (Wildman–Crippen MR) is 92.5 cm³/mol. The zero-order chi connectivity index (χ0) is 17.4. The fourth-order valence-corrected chi connectivity index (χ4v) is 2.08. The molecule has 0 saturated carbocycles. The lowest BCUT2D eigenvalue weighted by Gasteiger charge is -2.09. The molecule has 2 aromatic rings. The van der Waals surface area contributed by atoms with E-state index in [1.807, 2.05) is 24.3 Å². The average Bonchev–Trinajstić information content (AvgIpc) is 2.59. The lowest BCUT2D eigenvalue weighted by Crippen LogP contribution is -2.18. The summed E-state index contributed by atoms with van der Waals surface area (Å²) in [7, 11) is 0. The van der Waals surface area contributed by atoms with Crippen molar-refractivity contribution in [2.45, 2.75) is 6.92 Å². The Labute approximate surface area is 148 Å². The highest BCUT2D eigenvalue weighted by atomic mass is 79.9. The first-order valence-electron chi connectivity index (χ1n) is 7.32. The van der Waals surface area contributed by atoms with Gasteiger partial charge in [0.1, 0.15) is 24.7 Å². The number of benzene rings is 2. The monoisotopic (exact) mass is 392 g/mol. The summed E-state index contributed by atoms with van der Waals surface area (Å²) in [6, 6.07) is 13.9. The predicted octanol–water partition coefficient (Wildman–Crippen LogP) is 3.65. The summed E-state index contributed by atoms with van der Waals surface area (Å²) < 4.78 is 16.7. The van der Waals surface area contributed by atoms with Crippen LogP contribution in [0.4, 0.5) is 0 Å². The van der Waals surface area contributed by atoms with E-state index in [4.69, 9.17) is 14.2 Å². The summed E-state index contributed by atoms with van der Waals surface area (Å²) in [6.45, 7) is 1.70. The van der Waals surface area contributed by atoms with Crippen molar-refractivity contribution in [2.75, 3.05) is 19.8 Å². The van der Waals surface area contributed by atoms with Crippen molar-refractivity contribution >= 4 is 27.7 Å². The Morgan fingerprint density at radius 2 is 1.46 bits per heavy atom. The molecular formula is C18H17BrO5. The second-order valence-electron chi connectivity index (χ2n) is 4.89. The maximum absolute atomic E-state index is 11.6. The van der Waals surface area contributed by atoms with Crippen molar-refractivity contribution in [1.82, 2.24) is 0 Å². The maximum Gasteiger partial charge on any atom is 0.344 e. The fourth-order valence-electron chi connectivity index (χ4n) is 1.82. The van der Waals surface area contributed by atoms with Crippen LogP contribution in [0.1, 0.15) is 17.3 Å².